The lowest BCUT2D eigenvalue weighted by molar-refractivity contribution is -0.831. The molecule has 0 aromatic carbocycles. The fourth-order valence-corrected chi connectivity index (χ4v) is 4.37. The molecule has 0 fully saturated rings. The van der Waals surface area contributed by atoms with Crippen molar-refractivity contribution in [1.29, 1.82) is 0 Å². The molecule has 1 rings (SSSR count). The van der Waals surface area contributed by atoms with E-state index in [-0.39, 0.29) is 13.2 Å². The number of carboxylic acid groups (broad SMARTS) is 1. The minimum atomic E-state index is -1.05. The van der Waals surface area contributed by atoms with E-state index in [4.69, 9.17) is 0 Å². The van der Waals surface area contributed by atoms with E-state index in [1.807, 2.05) is 0 Å². The molecule has 5 heteroatoms. The van der Waals surface area contributed by atoms with E-state index < -0.39 is 5.97 Å². The average Bonchev–Trinajstić information content (AvgIpc) is 3.03. The number of quaternary nitrogens is 1. The summed E-state index contributed by atoms with van der Waals surface area (Å²) in [5.41, 5.74) is 0. The van der Waals surface area contributed by atoms with Gasteiger partial charge < -0.3 is 15.0 Å². The van der Waals surface area contributed by atoms with Gasteiger partial charge in [0.2, 0.25) is 0 Å². The van der Waals surface area contributed by atoms with Crippen LogP contribution in [-0.2, 0) is 4.79 Å². The fraction of sp³-hybridized carbons (Fsp3) is 0.913. The third-order valence-electron chi connectivity index (χ3n) is 6.08. The van der Waals surface area contributed by atoms with Crippen LogP contribution in [0, 0.1) is 0 Å². The average molecular weight is 397 g/mol. The molecule has 0 spiro atoms. The van der Waals surface area contributed by atoms with Crippen LogP contribution in [0.2, 0.25) is 0 Å². The number of amidine groups is 1. The van der Waals surface area contributed by atoms with Crippen LogP contribution in [0.1, 0.15) is 103 Å². The quantitative estimate of drug-likeness (QED) is 0.266. The summed E-state index contributed by atoms with van der Waals surface area (Å²) in [4.78, 5) is 15.7. The first-order valence-corrected chi connectivity index (χ1v) is 11.9. The smallest absolute Gasteiger partial charge is 0.198 e. The van der Waals surface area contributed by atoms with E-state index >= 15 is 0 Å². The summed E-state index contributed by atoms with van der Waals surface area (Å²) in [7, 11) is 0. The Morgan fingerprint density at radius 2 is 1.43 bits per heavy atom. The molecular weight excluding hydrogens is 352 g/mol. The minimum Gasteiger partial charge on any atom is -0.544 e. The topological polar surface area (TPSA) is 72.7 Å². The molecule has 1 atom stereocenters. The van der Waals surface area contributed by atoms with Crippen LogP contribution >= 0.6 is 0 Å². The number of carboxylic acids is 1. The summed E-state index contributed by atoms with van der Waals surface area (Å²) in [6.45, 7) is 3.99. The number of aliphatic hydroxyl groups excluding tert-OH is 1. The molecular formula is C23H44N2O3. The Labute approximate surface area is 172 Å². The van der Waals surface area contributed by atoms with Crippen molar-refractivity contribution in [3.63, 3.8) is 0 Å². The maximum atomic E-state index is 11.1. The molecule has 164 valence electrons. The van der Waals surface area contributed by atoms with Gasteiger partial charge in [0.25, 0.3) is 0 Å². The molecule has 1 heterocycles. The first kappa shape index (κ1) is 25.1. The monoisotopic (exact) mass is 396 g/mol. The van der Waals surface area contributed by atoms with Crippen LogP contribution in [0.5, 0.6) is 0 Å². The van der Waals surface area contributed by atoms with Crippen molar-refractivity contribution in [2.75, 3.05) is 32.8 Å². The molecule has 0 bridgehead atoms. The van der Waals surface area contributed by atoms with Gasteiger partial charge in [0.15, 0.2) is 5.84 Å². The molecule has 0 aromatic rings. The van der Waals surface area contributed by atoms with Gasteiger partial charge in [-0.25, -0.2) is 4.99 Å². The van der Waals surface area contributed by atoms with Gasteiger partial charge in [-0.3, -0.25) is 4.48 Å². The highest BCUT2D eigenvalue weighted by Crippen LogP contribution is 2.20. The second-order valence-electron chi connectivity index (χ2n) is 8.49. The second kappa shape index (κ2) is 15.9. The number of unbranched alkanes of at least 4 members (excludes halogenated alkanes) is 13. The largest absolute Gasteiger partial charge is 0.544 e. The van der Waals surface area contributed by atoms with Gasteiger partial charge in [0.05, 0.1) is 19.1 Å². The highest BCUT2D eigenvalue weighted by atomic mass is 16.4. The summed E-state index contributed by atoms with van der Waals surface area (Å²) in [6.07, 6.45) is 19.5. The third kappa shape index (κ3) is 10.6. The molecule has 0 aromatic heterocycles. The van der Waals surface area contributed by atoms with E-state index in [1.165, 1.54) is 83.5 Å². The number of nitrogens with zero attached hydrogens (tertiary/aromatic N) is 2. The minimum absolute atomic E-state index is 0.00889. The highest BCUT2D eigenvalue weighted by Gasteiger charge is 2.37. The van der Waals surface area contributed by atoms with Crippen LogP contribution in [0.15, 0.2) is 4.99 Å². The standard InChI is InChI=1S/C23H44N2O3/c1-2-3-4-5-6-7-8-9-10-11-12-13-14-15-16-22-24-17-18-25(22,19-20-26)21-23(27)28/h26H,2-21H2,1H3. The fourth-order valence-electron chi connectivity index (χ4n) is 4.37. The number of hydrogen-bond acceptors (Lipinski definition) is 4. The maximum absolute atomic E-state index is 11.1. The zero-order valence-corrected chi connectivity index (χ0v) is 18.3. The summed E-state index contributed by atoms with van der Waals surface area (Å²) < 4.78 is 0.303. The molecule has 5 nitrogen and oxygen atoms in total. The maximum Gasteiger partial charge on any atom is 0.198 e. The lowest BCUT2D eigenvalue weighted by atomic mass is 10.0. The number of aliphatic carboxylic acids is 1. The summed E-state index contributed by atoms with van der Waals surface area (Å²) >= 11 is 0. The van der Waals surface area contributed by atoms with Crippen molar-refractivity contribution in [3.05, 3.63) is 0 Å². The summed E-state index contributed by atoms with van der Waals surface area (Å²) in [6, 6.07) is 0. The van der Waals surface area contributed by atoms with Crippen LogP contribution < -0.4 is 5.11 Å². The molecule has 1 unspecified atom stereocenters. The Morgan fingerprint density at radius 1 is 0.929 bits per heavy atom. The first-order valence-electron chi connectivity index (χ1n) is 11.9. The number of rotatable bonds is 19. The van der Waals surface area contributed by atoms with Crippen molar-refractivity contribution < 1.29 is 19.5 Å². The molecule has 0 aliphatic carbocycles. The predicted molar refractivity (Wildman–Crippen MR) is 114 cm³/mol. The molecule has 1 aliphatic rings. The van der Waals surface area contributed by atoms with E-state index in [0.29, 0.717) is 24.1 Å². The first-order chi connectivity index (χ1) is 13.6. The Bertz CT molecular complexity index is 440. The normalized spacial score (nSPS) is 19.1. The van der Waals surface area contributed by atoms with Crippen LogP contribution in [0.25, 0.3) is 0 Å². The zero-order valence-electron chi connectivity index (χ0n) is 18.3. The molecule has 1 aliphatic heterocycles. The molecule has 0 saturated heterocycles. The molecule has 1 N–H and O–H groups in total. The zero-order chi connectivity index (χ0) is 20.5. The lowest BCUT2D eigenvalue weighted by Gasteiger charge is -2.34. The van der Waals surface area contributed by atoms with Gasteiger partial charge in [-0.1, -0.05) is 90.4 Å². The highest BCUT2D eigenvalue weighted by molar-refractivity contribution is 5.79. The van der Waals surface area contributed by atoms with Crippen LogP contribution in [0.3, 0.4) is 0 Å². The summed E-state index contributed by atoms with van der Waals surface area (Å²) in [5.74, 6) is -0.0961. The number of carbonyl (C=O) groups excluding carboxylic acids is 1. The van der Waals surface area contributed by atoms with E-state index in [9.17, 15) is 15.0 Å². The number of aliphatic imine (C=N–C) groups is 1. The Balaban J connectivity index is 2.01. The van der Waals surface area contributed by atoms with Gasteiger partial charge in [-0.05, 0) is 6.42 Å². The van der Waals surface area contributed by atoms with Gasteiger partial charge in [-0.2, -0.15) is 0 Å². The van der Waals surface area contributed by atoms with E-state index in [2.05, 4.69) is 11.9 Å². The Morgan fingerprint density at radius 3 is 1.89 bits per heavy atom. The molecule has 28 heavy (non-hydrogen) atoms. The molecule has 0 amide bonds. The molecule has 0 radical (unpaired) electrons. The van der Waals surface area contributed by atoms with Gasteiger partial charge in [0.1, 0.15) is 19.6 Å². The number of aliphatic hydroxyl groups is 1. The van der Waals surface area contributed by atoms with Gasteiger partial charge in [-0.15, -0.1) is 0 Å². The molecule has 0 saturated carbocycles. The summed E-state index contributed by atoms with van der Waals surface area (Å²) in [5, 5.41) is 20.5. The van der Waals surface area contributed by atoms with Crippen molar-refractivity contribution in [1.82, 2.24) is 0 Å². The van der Waals surface area contributed by atoms with Crippen molar-refractivity contribution in [3.8, 4) is 0 Å². The number of hydrogen-bond donors (Lipinski definition) is 1. The predicted octanol–water partition coefficient (Wildman–Crippen LogP) is 3.83. The third-order valence-corrected chi connectivity index (χ3v) is 6.08. The Hall–Kier alpha value is -0.940. The van der Waals surface area contributed by atoms with Crippen molar-refractivity contribution in [2.24, 2.45) is 4.99 Å². The van der Waals surface area contributed by atoms with E-state index in [0.717, 1.165) is 18.7 Å². The van der Waals surface area contributed by atoms with Crippen LogP contribution in [-0.4, -0.2) is 54.2 Å². The Kier molecular flexibility index (Phi) is 14.3. The SMILES string of the molecule is CCCCCCCCCCCCCCCCC1=NCC[N+]1(CCO)CC(=O)[O-]. The van der Waals surface area contributed by atoms with Crippen molar-refractivity contribution in [2.45, 2.75) is 103 Å². The van der Waals surface area contributed by atoms with E-state index in [1.54, 1.807) is 0 Å². The van der Waals surface area contributed by atoms with Gasteiger partial charge >= 0.3 is 0 Å². The number of carbonyl (C=O) groups is 1. The second-order valence-corrected chi connectivity index (χ2v) is 8.49. The van der Waals surface area contributed by atoms with Crippen molar-refractivity contribution >= 4 is 11.8 Å². The van der Waals surface area contributed by atoms with Crippen LogP contribution in [0.4, 0.5) is 0 Å². The lowest BCUT2D eigenvalue weighted by Crippen LogP contribution is -2.57. The van der Waals surface area contributed by atoms with Gasteiger partial charge in [0, 0.05) is 6.42 Å².